The molecule has 0 aliphatic rings. The van der Waals surface area contributed by atoms with Gasteiger partial charge < -0.3 is 13.1 Å². The maximum Gasteiger partial charge on any atom is 2.00 e. The van der Waals surface area contributed by atoms with Gasteiger partial charge in [-0.1, -0.05) is 123 Å². The van der Waals surface area contributed by atoms with Gasteiger partial charge in [-0.25, -0.2) is 0 Å². The van der Waals surface area contributed by atoms with E-state index in [1.807, 2.05) is 0 Å². The molecule has 5 heteroatoms. The third-order valence-corrected chi connectivity index (χ3v) is 5.98. The first-order valence-electron chi connectivity index (χ1n) is 12.0. The van der Waals surface area contributed by atoms with Gasteiger partial charge in [-0.05, 0) is 12.8 Å². The van der Waals surface area contributed by atoms with Gasteiger partial charge in [0, 0.05) is 0 Å². The molecule has 0 aliphatic heterocycles. The van der Waals surface area contributed by atoms with Crippen LogP contribution in [0.15, 0.2) is 0 Å². The Hall–Kier alpha value is -0.294. The number of aliphatic carboxylic acids is 2. The predicted molar refractivity (Wildman–Crippen MR) is 125 cm³/mol. The molecule has 0 aliphatic carbocycles. The number of hydrogen-bond acceptors (Lipinski definition) is 2. The molecule has 0 heterocycles. The molecule has 0 saturated carbocycles. The minimum atomic E-state index is -1.58. The van der Waals surface area contributed by atoms with Crippen molar-refractivity contribution in [3.63, 3.8) is 0 Å². The second kappa shape index (κ2) is 21.0. The van der Waals surface area contributed by atoms with Crippen molar-refractivity contribution in [3.05, 3.63) is 0 Å². The van der Waals surface area contributed by atoms with Crippen LogP contribution in [-0.4, -0.2) is 45.2 Å². The Labute approximate surface area is 198 Å². The third kappa shape index (κ3) is 15.2. The van der Waals surface area contributed by atoms with E-state index in [0.717, 1.165) is 25.7 Å². The molecule has 4 nitrogen and oxygen atoms in total. The second-order valence-electron chi connectivity index (χ2n) is 8.50. The zero-order valence-electron chi connectivity index (χ0n) is 21.4. The fourth-order valence-corrected chi connectivity index (χ4v) is 3.94. The summed E-state index contributed by atoms with van der Waals surface area (Å²) in [6.45, 7) is 4.41. The molecule has 0 aromatic rings. The van der Waals surface area contributed by atoms with Crippen LogP contribution in [0.1, 0.15) is 139 Å². The molecule has 170 valence electrons. The Morgan fingerprint density at radius 1 is 0.552 bits per heavy atom. The maximum absolute atomic E-state index is 11.8. The summed E-state index contributed by atoms with van der Waals surface area (Å²) in [6.07, 6.45) is 19.7. The van der Waals surface area contributed by atoms with E-state index in [2.05, 4.69) is 13.8 Å². The normalized spacial score (nSPS) is 11.2. The Morgan fingerprint density at radius 3 is 1.03 bits per heavy atom. The Kier molecular flexibility index (Phi) is 22.3. The maximum atomic E-state index is 11.8. The summed E-state index contributed by atoms with van der Waals surface area (Å²) in [6, 6.07) is 0. The van der Waals surface area contributed by atoms with E-state index < -0.39 is 17.4 Å². The third-order valence-electron chi connectivity index (χ3n) is 5.98. The molecule has 0 aromatic carbocycles. The Morgan fingerprint density at radius 2 is 0.793 bits per heavy atom. The number of carbonyl (C=O) groups is 2. The second-order valence-corrected chi connectivity index (χ2v) is 8.50. The van der Waals surface area contributed by atoms with Crippen LogP contribution >= 0.6 is 0 Å². The fraction of sp³-hybridized carbons (Fsp3) is 0.917. The van der Waals surface area contributed by atoms with Gasteiger partial charge >= 0.3 is 35.0 Å². The molecule has 0 unspecified atom stereocenters. The zero-order valence-corrected chi connectivity index (χ0v) is 20.8. The van der Waals surface area contributed by atoms with Crippen molar-refractivity contribution in [1.29, 1.82) is 0 Å². The molecule has 0 spiro atoms. The molecule has 2 N–H and O–H groups in total. The van der Waals surface area contributed by atoms with Gasteiger partial charge in [0.25, 0.3) is 0 Å². The van der Waals surface area contributed by atoms with E-state index in [-0.39, 0.29) is 38.7 Å². The Bertz CT molecular complexity index is 395. The van der Waals surface area contributed by atoms with Crippen LogP contribution in [0.4, 0.5) is 0 Å². The van der Waals surface area contributed by atoms with Crippen LogP contribution in [0.5, 0.6) is 0 Å². The molecular weight excluding hydrogens is 377 g/mol. The van der Waals surface area contributed by atoms with Crippen LogP contribution in [0.25, 0.3) is 0 Å². The quantitative estimate of drug-likeness (QED) is 0.114. The topological polar surface area (TPSA) is 74.6 Å². The van der Waals surface area contributed by atoms with Crippen molar-refractivity contribution in [2.24, 2.45) is 5.41 Å². The number of unbranched alkanes of at least 4 members (excludes halogenated alkanes) is 15. The first-order valence-corrected chi connectivity index (χ1v) is 12.0. The van der Waals surface area contributed by atoms with E-state index in [1.54, 1.807) is 0 Å². The minimum Gasteiger partial charge on any atom is -1.00 e. The van der Waals surface area contributed by atoms with E-state index in [4.69, 9.17) is 0 Å². The van der Waals surface area contributed by atoms with Crippen LogP contribution in [0.2, 0.25) is 0 Å². The van der Waals surface area contributed by atoms with Crippen molar-refractivity contribution in [3.8, 4) is 0 Å². The van der Waals surface area contributed by atoms with Crippen LogP contribution in [-0.2, 0) is 9.59 Å². The van der Waals surface area contributed by atoms with Crippen LogP contribution in [0.3, 0.4) is 0 Å². The molecule has 0 saturated heterocycles. The first kappa shape index (κ1) is 30.9. The largest absolute Gasteiger partial charge is 2.00 e. The van der Waals surface area contributed by atoms with E-state index in [1.165, 1.54) is 70.6 Å². The zero-order chi connectivity index (χ0) is 21.1. The predicted octanol–water partition coefficient (Wildman–Crippen LogP) is 7.44. The molecule has 0 atom stereocenters. The standard InChI is InChI=1S/C24H46O4.Mg.2H/c1-3-5-7-9-11-12-13-15-17-19-21-24(22(25)26,23(27)28)20-18-16-14-10-8-6-4-2;;;/h3-21H2,1-2H3,(H,25,26)(H,27,28);;;/q;+2;2*-1. The molecule has 29 heavy (non-hydrogen) atoms. The molecular formula is C24H48MgO4. The van der Waals surface area contributed by atoms with Gasteiger partial charge in [0.05, 0.1) is 0 Å². The average molecular weight is 425 g/mol. The summed E-state index contributed by atoms with van der Waals surface area (Å²) in [5.74, 6) is -2.30. The molecule has 0 amide bonds. The SMILES string of the molecule is CCCCCCCCCCCCC(CCCCCCCCC)(C(=O)O)C(=O)O.[H-].[H-].[Mg+2]. The molecule has 0 rings (SSSR count). The summed E-state index contributed by atoms with van der Waals surface area (Å²) in [5, 5.41) is 19.3. The average Bonchev–Trinajstić information content (AvgIpc) is 2.66. The van der Waals surface area contributed by atoms with E-state index in [9.17, 15) is 19.8 Å². The molecule has 0 bridgehead atoms. The van der Waals surface area contributed by atoms with Crippen LogP contribution in [0, 0.1) is 5.41 Å². The summed E-state index contributed by atoms with van der Waals surface area (Å²) in [7, 11) is 0. The summed E-state index contributed by atoms with van der Waals surface area (Å²) >= 11 is 0. The van der Waals surface area contributed by atoms with Gasteiger partial charge in [0.2, 0.25) is 0 Å². The molecule has 0 radical (unpaired) electrons. The summed E-state index contributed by atoms with van der Waals surface area (Å²) in [5.41, 5.74) is -1.58. The van der Waals surface area contributed by atoms with Gasteiger partial charge in [-0.15, -0.1) is 0 Å². The van der Waals surface area contributed by atoms with Crippen molar-refractivity contribution >= 4 is 35.0 Å². The summed E-state index contributed by atoms with van der Waals surface area (Å²) in [4.78, 5) is 23.6. The number of carboxylic acids is 2. The minimum absolute atomic E-state index is 0. The molecule has 0 aromatic heterocycles. The van der Waals surface area contributed by atoms with Crippen molar-refractivity contribution < 1.29 is 22.7 Å². The smallest absolute Gasteiger partial charge is 1.00 e. The van der Waals surface area contributed by atoms with Crippen LogP contribution < -0.4 is 0 Å². The monoisotopic (exact) mass is 424 g/mol. The van der Waals surface area contributed by atoms with Crippen molar-refractivity contribution in [2.45, 2.75) is 136 Å². The Balaban J connectivity index is -0.00000121. The van der Waals surface area contributed by atoms with Crippen molar-refractivity contribution in [2.75, 3.05) is 0 Å². The number of hydrogen-bond donors (Lipinski definition) is 2. The molecule has 0 fully saturated rings. The number of rotatable bonds is 21. The van der Waals surface area contributed by atoms with Gasteiger partial charge in [0.15, 0.2) is 5.41 Å². The first-order chi connectivity index (χ1) is 13.5. The van der Waals surface area contributed by atoms with Crippen molar-refractivity contribution in [1.82, 2.24) is 0 Å². The number of carboxylic acid groups (broad SMARTS) is 2. The fourth-order valence-electron chi connectivity index (χ4n) is 3.94. The van der Waals surface area contributed by atoms with Gasteiger partial charge in [-0.3, -0.25) is 9.59 Å². The van der Waals surface area contributed by atoms with E-state index in [0.29, 0.717) is 12.8 Å². The van der Waals surface area contributed by atoms with Gasteiger partial charge in [0.1, 0.15) is 0 Å². The van der Waals surface area contributed by atoms with Gasteiger partial charge in [-0.2, -0.15) is 0 Å². The van der Waals surface area contributed by atoms with E-state index >= 15 is 0 Å². The summed E-state index contributed by atoms with van der Waals surface area (Å²) < 4.78 is 0.